The number of ether oxygens (including phenoxy) is 1. The summed E-state index contributed by atoms with van der Waals surface area (Å²) in [6.07, 6.45) is 5.27. The van der Waals surface area contributed by atoms with Crippen LogP contribution in [-0.2, 0) is 11.3 Å². The Morgan fingerprint density at radius 3 is 3.00 bits per heavy atom. The molecule has 2 atom stereocenters. The highest BCUT2D eigenvalue weighted by Crippen LogP contribution is 2.26. The van der Waals surface area contributed by atoms with Crippen LogP contribution in [-0.4, -0.2) is 49.2 Å². The minimum absolute atomic E-state index is 0.0947. The number of hydrogen-bond donors (Lipinski definition) is 1. The van der Waals surface area contributed by atoms with Gasteiger partial charge in [-0.15, -0.1) is 0 Å². The number of aryl methyl sites for hydroxylation is 1. The van der Waals surface area contributed by atoms with E-state index in [-0.39, 0.29) is 12.2 Å². The van der Waals surface area contributed by atoms with E-state index >= 15 is 0 Å². The van der Waals surface area contributed by atoms with Gasteiger partial charge in [-0.1, -0.05) is 5.16 Å². The number of morpholine rings is 1. The van der Waals surface area contributed by atoms with Gasteiger partial charge in [0.15, 0.2) is 11.5 Å². The standard InChI is InChI=1S/C15H18N6O2/c1-9-6-21(8-12(22-9)15-19-10(2)20-23-15)7-11-5-18-14-13(11)16-3-4-17-14/h3-5,9,12H,6-8H2,1-2H3,(H,17,18)/t9-,12-/m1/s1. The maximum absolute atomic E-state index is 5.95. The topological polar surface area (TPSA) is 93.0 Å². The first-order chi connectivity index (χ1) is 11.2. The quantitative estimate of drug-likeness (QED) is 0.785. The molecule has 1 aliphatic heterocycles. The van der Waals surface area contributed by atoms with Crippen molar-refractivity contribution in [2.75, 3.05) is 13.1 Å². The van der Waals surface area contributed by atoms with E-state index < -0.39 is 0 Å². The number of aromatic nitrogens is 5. The average Bonchev–Trinajstić information content (AvgIpc) is 3.14. The fraction of sp³-hybridized carbons (Fsp3) is 0.467. The summed E-state index contributed by atoms with van der Waals surface area (Å²) in [5, 5.41) is 3.85. The molecule has 4 rings (SSSR count). The van der Waals surface area contributed by atoms with Crippen molar-refractivity contribution in [2.45, 2.75) is 32.6 Å². The summed E-state index contributed by atoms with van der Waals surface area (Å²) in [5.74, 6) is 1.16. The van der Waals surface area contributed by atoms with E-state index in [1.165, 1.54) is 0 Å². The van der Waals surface area contributed by atoms with Crippen molar-refractivity contribution >= 4 is 11.2 Å². The van der Waals surface area contributed by atoms with Gasteiger partial charge in [0.2, 0.25) is 0 Å². The van der Waals surface area contributed by atoms with Crippen molar-refractivity contribution in [3.8, 4) is 0 Å². The lowest BCUT2D eigenvalue weighted by molar-refractivity contribution is -0.0929. The number of fused-ring (bicyclic) bond motifs is 1. The number of H-pyrrole nitrogens is 1. The van der Waals surface area contributed by atoms with Crippen molar-refractivity contribution in [1.29, 1.82) is 0 Å². The molecule has 23 heavy (non-hydrogen) atoms. The summed E-state index contributed by atoms with van der Waals surface area (Å²) in [6.45, 7) is 6.19. The summed E-state index contributed by atoms with van der Waals surface area (Å²) in [6, 6.07) is 0. The molecule has 0 aliphatic carbocycles. The molecule has 4 heterocycles. The minimum Gasteiger partial charge on any atom is -0.363 e. The van der Waals surface area contributed by atoms with Crippen LogP contribution in [0.2, 0.25) is 0 Å². The monoisotopic (exact) mass is 314 g/mol. The van der Waals surface area contributed by atoms with Gasteiger partial charge in [-0.05, 0) is 13.8 Å². The van der Waals surface area contributed by atoms with Gasteiger partial charge in [0, 0.05) is 43.8 Å². The molecule has 1 saturated heterocycles. The van der Waals surface area contributed by atoms with Gasteiger partial charge in [0.25, 0.3) is 5.89 Å². The second kappa shape index (κ2) is 5.71. The lowest BCUT2D eigenvalue weighted by Crippen LogP contribution is -2.42. The van der Waals surface area contributed by atoms with Crippen LogP contribution in [0.3, 0.4) is 0 Å². The molecule has 0 unspecified atom stereocenters. The third-order valence-electron chi connectivity index (χ3n) is 3.93. The van der Waals surface area contributed by atoms with Crippen LogP contribution in [0, 0.1) is 6.92 Å². The van der Waals surface area contributed by atoms with Crippen LogP contribution >= 0.6 is 0 Å². The fourth-order valence-electron chi connectivity index (χ4n) is 3.01. The fourth-order valence-corrected chi connectivity index (χ4v) is 3.01. The third kappa shape index (κ3) is 2.82. The SMILES string of the molecule is Cc1noc([C@H]2CN(Cc3c[nH]c4nccnc34)C[C@@H](C)O2)n1. The van der Waals surface area contributed by atoms with Gasteiger partial charge in [-0.2, -0.15) is 4.98 Å². The molecule has 8 nitrogen and oxygen atoms in total. The first-order valence-corrected chi connectivity index (χ1v) is 7.64. The first kappa shape index (κ1) is 14.3. The Bertz CT molecular complexity index is 813. The van der Waals surface area contributed by atoms with Crippen LogP contribution in [0.15, 0.2) is 23.1 Å². The molecule has 0 amide bonds. The van der Waals surface area contributed by atoms with E-state index in [2.05, 4.69) is 36.9 Å². The van der Waals surface area contributed by atoms with Crippen molar-refractivity contribution in [3.63, 3.8) is 0 Å². The van der Waals surface area contributed by atoms with E-state index in [1.807, 2.05) is 13.1 Å². The number of aromatic amines is 1. The Hall–Kier alpha value is -2.32. The Morgan fingerprint density at radius 2 is 2.17 bits per heavy atom. The molecule has 120 valence electrons. The lowest BCUT2D eigenvalue weighted by atomic mass is 10.2. The number of rotatable bonds is 3. The molecule has 1 N–H and O–H groups in total. The van der Waals surface area contributed by atoms with Crippen LogP contribution in [0.25, 0.3) is 11.2 Å². The second-order valence-electron chi connectivity index (χ2n) is 5.88. The first-order valence-electron chi connectivity index (χ1n) is 7.64. The number of nitrogens with zero attached hydrogens (tertiary/aromatic N) is 5. The van der Waals surface area contributed by atoms with Crippen molar-refractivity contribution in [3.05, 3.63) is 35.9 Å². The maximum atomic E-state index is 5.95. The van der Waals surface area contributed by atoms with Gasteiger partial charge < -0.3 is 14.2 Å². The number of hydrogen-bond acceptors (Lipinski definition) is 7. The summed E-state index contributed by atoms with van der Waals surface area (Å²) in [7, 11) is 0. The smallest absolute Gasteiger partial charge is 0.257 e. The van der Waals surface area contributed by atoms with Gasteiger partial charge in [0.1, 0.15) is 11.6 Å². The van der Waals surface area contributed by atoms with E-state index in [4.69, 9.17) is 9.26 Å². The average molecular weight is 314 g/mol. The Balaban J connectivity index is 1.54. The zero-order valence-corrected chi connectivity index (χ0v) is 13.1. The normalized spacial score (nSPS) is 22.7. The molecule has 8 heteroatoms. The molecule has 3 aromatic heterocycles. The zero-order chi connectivity index (χ0) is 15.8. The van der Waals surface area contributed by atoms with Crippen LogP contribution in [0.1, 0.15) is 30.3 Å². The van der Waals surface area contributed by atoms with E-state index in [0.29, 0.717) is 18.3 Å². The van der Waals surface area contributed by atoms with Crippen molar-refractivity contribution in [1.82, 2.24) is 30.0 Å². The highest BCUT2D eigenvalue weighted by atomic mass is 16.5. The van der Waals surface area contributed by atoms with Crippen LogP contribution in [0.5, 0.6) is 0 Å². The van der Waals surface area contributed by atoms with E-state index in [0.717, 1.165) is 29.8 Å². The molecule has 3 aromatic rings. The maximum Gasteiger partial charge on any atom is 0.257 e. The molecule has 0 aromatic carbocycles. The van der Waals surface area contributed by atoms with E-state index in [9.17, 15) is 0 Å². The molecule has 0 spiro atoms. The van der Waals surface area contributed by atoms with Crippen molar-refractivity contribution < 1.29 is 9.26 Å². The van der Waals surface area contributed by atoms with E-state index in [1.54, 1.807) is 12.4 Å². The molecular weight excluding hydrogens is 296 g/mol. The van der Waals surface area contributed by atoms with Crippen molar-refractivity contribution in [2.24, 2.45) is 0 Å². The summed E-state index contributed by atoms with van der Waals surface area (Å²) in [5.41, 5.74) is 2.85. The molecule has 0 bridgehead atoms. The molecule has 0 saturated carbocycles. The molecular formula is C15H18N6O2. The molecule has 0 radical (unpaired) electrons. The van der Waals surface area contributed by atoms with Crippen LogP contribution in [0.4, 0.5) is 0 Å². The zero-order valence-electron chi connectivity index (χ0n) is 13.1. The van der Waals surface area contributed by atoms with Crippen LogP contribution < -0.4 is 0 Å². The largest absolute Gasteiger partial charge is 0.363 e. The summed E-state index contributed by atoms with van der Waals surface area (Å²) in [4.78, 5) is 18.5. The van der Waals surface area contributed by atoms with Gasteiger partial charge in [-0.25, -0.2) is 4.98 Å². The van der Waals surface area contributed by atoms with Gasteiger partial charge in [0.05, 0.1) is 6.10 Å². The summed E-state index contributed by atoms with van der Waals surface area (Å²) >= 11 is 0. The number of nitrogens with one attached hydrogen (secondary N) is 1. The minimum atomic E-state index is -0.198. The van der Waals surface area contributed by atoms with Gasteiger partial charge in [-0.3, -0.25) is 9.88 Å². The van der Waals surface area contributed by atoms with Gasteiger partial charge >= 0.3 is 0 Å². The third-order valence-corrected chi connectivity index (χ3v) is 3.93. The summed E-state index contributed by atoms with van der Waals surface area (Å²) < 4.78 is 11.2. The lowest BCUT2D eigenvalue weighted by Gasteiger charge is -2.35. The molecule has 1 fully saturated rings. The molecule has 1 aliphatic rings. The predicted octanol–water partition coefficient (Wildman–Crippen LogP) is 1.61. The second-order valence-corrected chi connectivity index (χ2v) is 5.88. The Morgan fingerprint density at radius 1 is 1.30 bits per heavy atom. The predicted molar refractivity (Wildman–Crippen MR) is 81.5 cm³/mol. The Kier molecular flexibility index (Phi) is 3.55. The Labute approximate surface area is 132 Å². The highest BCUT2D eigenvalue weighted by molar-refractivity contribution is 5.74. The highest BCUT2D eigenvalue weighted by Gasteiger charge is 2.30.